The van der Waals surface area contributed by atoms with Crippen LogP contribution in [0.2, 0.25) is 0 Å². The molecule has 1 aromatic rings. The molecule has 5 nitrogen and oxygen atoms in total. The lowest BCUT2D eigenvalue weighted by Crippen LogP contribution is -2.43. The molecule has 2 rings (SSSR count). The number of hydrogen-bond donors (Lipinski definition) is 3. The summed E-state index contributed by atoms with van der Waals surface area (Å²) in [6.45, 7) is 6.62. The molecular formula is C17H25N3O2. The summed E-state index contributed by atoms with van der Waals surface area (Å²) in [5.41, 5.74) is 2.16. The fourth-order valence-corrected chi connectivity index (χ4v) is 2.59. The molecule has 2 amide bonds. The minimum Gasteiger partial charge on any atom is -0.350 e. The molecule has 1 unspecified atom stereocenters. The van der Waals surface area contributed by atoms with Gasteiger partial charge in [0.15, 0.2) is 0 Å². The Kier molecular flexibility index (Phi) is 5.55. The molecule has 0 aromatic heterocycles. The van der Waals surface area contributed by atoms with Crippen molar-refractivity contribution in [2.24, 2.45) is 0 Å². The molecule has 1 aliphatic heterocycles. The molecule has 120 valence electrons. The lowest BCUT2D eigenvalue weighted by atomic mass is 10.0. The summed E-state index contributed by atoms with van der Waals surface area (Å²) >= 11 is 0. The molecule has 1 atom stereocenters. The van der Waals surface area contributed by atoms with E-state index in [0.29, 0.717) is 11.3 Å². The molecule has 0 spiro atoms. The highest BCUT2D eigenvalue weighted by atomic mass is 16.2. The highest BCUT2D eigenvalue weighted by Gasteiger charge is 2.21. The van der Waals surface area contributed by atoms with Crippen molar-refractivity contribution in [3.8, 4) is 0 Å². The van der Waals surface area contributed by atoms with Crippen LogP contribution in [0.5, 0.6) is 0 Å². The summed E-state index contributed by atoms with van der Waals surface area (Å²) in [6, 6.07) is 5.38. The highest BCUT2D eigenvalue weighted by molar-refractivity contribution is 5.99. The maximum atomic E-state index is 12.2. The van der Waals surface area contributed by atoms with Gasteiger partial charge in [0, 0.05) is 17.3 Å². The zero-order chi connectivity index (χ0) is 16.1. The molecule has 1 fully saturated rings. The molecule has 1 aliphatic rings. The smallest absolute Gasteiger partial charge is 0.251 e. The average molecular weight is 303 g/mol. The number of benzene rings is 1. The van der Waals surface area contributed by atoms with Crippen LogP contribution in [-0.4, -0.2) is 30.4 Å². The zero-order valence-corrected chi connectivity index (χ0v) is 13.5. The van der Waals surface area contributed by atoms with Crippen molar-refractivity contribution >= 4 is 17.5 Å². The summed E-state index contributed by atoms with van der Waals surface area (Å²) in [7, 11) is 0. The van der Waals surface area contributed by atoms with Crippen LogP contribution < -0.4 is 16.0 Å². The van der Waals surface area contributed by atoms with Crippen LogP contribution in [0, 0.1) is 6.92 Å². The molecule has 0 saturated carbocycles. The number of rotatable bonds is 4. The summed E-state index contributed by atoms with van der Waals surface area (Å²) in [5, 5.41) is 9.01. The molecule has 1 heterocycles. The molecule has 0 aliphatic carbocycles. The first kappa shape index (κ1) is 16.5. The first-order chi connectivity index (χ1) is 10.5. The van der Waals surface area contributed by atoms with E-state index in [0.717, 1.165) is 31.4 Å². The topological polar surface area (TPSA) is 70.2 Å². The fraction of sp³-hybridized carbons (Fsp3) is 0.529. The Labute approximate surface area is 131 Å². The van der Waals surface area contributed by atoms with Crippen molar-refractivity contribution in [3.63, 3.8) is 0 Å². The van der Waals surface area contributed by atoms with Crippen LogP contribution in [0.3, 0.4) is 0 Å². The van der Waals surface area contributed by atoms with E-state index in [2.05, 4.69) is 16.0 Å². The predicted octanol–water partition coefficient (Wildman–Crippen LogP) is 2.21. The van der Waals surface area contributed by atoms with Gasteiger partial charge in [0.05, 0.1) is 6.04 Å². The Morgan fingerprint density at radius 2 is 2.05 bits per heavy atom. The van der Waals surface area contributed by atoms with Gasteiger partial charge in [-0.3, -0.25) is 9.59 Å². The third-order valence-corrected chi connectivity index (χ3v) is 3.80. The number of hydrogen-bond acceptors (Lipinski definition) is 3. The number of amides is 2. The Hall–Kier alpha value is -1.88. The molecule has 3 N–H and O–H groups in total. The summed E-state index contributed by atoms with van der Waals surface area (Å²) < 4.78 is 0. The third kappa shape index (κ3) is 4.31. The Bertz CT molecular complexity index is 549. The lowest BCUT2D eigenvalue weighted by molar-refractivity contribution is -0.118. The van der Waals surface area contributed by atoms with Crippen molar-refractivity contribution in [3.05, 3.63) is 29.3 Å². The number of carbonyl (C=O) groups is 2. The number of nitrogens with one attached hydrogen (secondary N) is 3. The fourth-order valence-electron chi connectivity index (χ4n) is 2.59. The van der Waals surface area contributed by atoms with E-state index in [9.17, 15) is 9.59 Å². The molecule has 22 heavy (non-hydrogen) atoms. The second-order valence-corrected chi connectivity index (χ2v) is 6.15. The van der Waals surface area contributed by atoms with Gasteiger partial charge in [0.1, 0.15) is 0 Å². The molecule has 1 saturated heterocycles. The monoisotopic (exact) mass is 303 g/mol. The van der Waals surface area contributed by atoms with Gasteiger partial charge < -0.3 is 16.0 Å². The second kappa shape index (κ2) is 7.40. The van der Waals surface area contributed by atoms with Crippen molar-refractivity contribution in [2.45, 2.75) is 52.1 Å². The maximum absolute atomic E-state index is 12.2. The van der Waals surface area contributed by atoms with Gasteiger partial charge in [-0.15, -0.1) is 0 Å². The Morgan fingerprint density at radius 1 is 1.27 bits per heavy atom. The predicted molar refractivity (Wildman–Crippen MR) is 88.1 cm³/mol. The normalized spacial score (nSPS) is 18.1. The zero-order valence-electron chi connectivity index (χ0n) is 13.5. The minimum atomic E-state index is -0.136. The SMILES string of the molecule is Cc1ccc(NC(=O)C2CCCCN2)cc1C(=O)NC(C)C. The van der Waals surface area contributed by atoms with Gasteiger partial charge in [0.25, 0.3) is 5.91 Å². The Morgan fingerprint density at radius 3 is 2.68 bits per heavy atom. The average Bonchev–Trinajstić information content (AvgIpc) is 2.49. The standard InChI is InChI=1S/C17H25N3O2/c1-11(2)19-16(21)14-10-13(8-7-12(14)3)20-17(22)15-6-4-5-9-18-15/h7-8,10-11,15,18H,4-6,9H2,1-3H3,(H,19,21)(H,20,22). The summed E-state index contributed by atoms with van der Waals surface area (Å²) in [6.07, 6.45) is 3.05. The number of carbonyl (C=O) groups excluding carboxylic acids is 2. The van der Waals surface area contributed by atoms with Crippen molar-refractivity contribution in [1.82, 2.24) is 10.6 Å². The maximum Gasteiger partial charge on any atom is 0.251 e. The van der Waals surface area contributed by atoms with E-state index in [-0.39, 0.29) is 23.9 Å². The van der Waals surface area contributed by atoms with Gasteiger partial charge in [-0.1, -0.05) is 12.5 Å². The highest BCUT2D eigenvalue weighted by Crippen LogP contribution is 2.17. The first-order valence-corrected chi connectivity index (χ1v) is 7.93. The van der Waals surface area contributed by atoms with Crippen LogP contribution >= 0.6 is 0 Å². The molecular weight excluding hydrogens is 278 g/mol. The second-order valence-electron chi connectivity index (χ2n) is 6.15. The van der Waals surface area contributed by atoms with Crippen LogP contribution in [-0.2, 0) is 4.79 Å². The van der Waals surface area contributed by atoms with Crippen LogP contribution in [0.25, 0.3) is 0 Å². The molecule has 0 radical (unpaired) electrons. The van der Waals surface area contributed by atoms with Gasteiger partial charge in [-0.05, 0) is 57.9 Å². The molecule has 5 heteroatoms. The summed E-state index contributed by atoms with van der Waals surface area (Å²) in [4.78, 5) is 24.4. The quantitative estimate of drug-likeness (QED) is 0.799. The minimum absolute atomic E-state index is 0.0289. The molecule has 0 bridgehead atoms. The van der Waals surface area contributed by atoms with Crippen molar-refractivity contribution in [1.29, 1.82) is 0 Å². The van der Waals surface area contributed by atoms with Crippen molar-refractivity contribution < 1.29 is 9.59 Å². The number of aryl methyl sites for hydroxylation is 1. The van der Waals surface area contributed by atoms with Gasteiger partial charge >= 0.3 is 0 Å². The Balaban J connectivity index is 2.08. The van der Waals surface area contributed by atoms with Crippen LogP contribution in [0.4, 0.5) is 5.69 Å². The largest absolute Gasteiger partial charge is 0.350 e. The van der Waals surface area contributed by atoms with E-state index >= 15 is 0 Å². The van der Waals surface area contributed by atoms with Crippen molar-refractivity contribution in [2.75, 3.05) is 11.9 Å². The summed E-state index contributed by atoms with van der Waals surface area (Å²) in [5.74, 6) is -0.141. The van der Waals surface area contributed by atoms with Crippen LogP contribution in [0.1, 0.15) is 49.0 Å². The first-order valence-electron chi connectivity index (χ1n) is 7.93. The van der Waals surface area contributed by atoms with E-state index in [1.54, 1.807) is 6.07 Å². The van der Waals surface area contributed by atoms with Gasteiger partial charge in [-0.2, -0.15) is 0 Å². The van der Waals surface area contributed by atoms with E-state index < -0.39 is 0 Å². The number of piperidine rings is 1. The van der Waals surface area contributed by atoms with E-state index in [1.165, 1.54) is 0 Å². The third-order valence-electron chi connectivity index (χ3n) is 3.80. The molecule has 1 aromatic carbocycles. The van der Waals surface area contributed by atoms with E-state index in [1.807, 2.05) is 32.9 Å². The lowest BCUT2D eigenvalue weighted by Gasteiger charge is -2.22. The van der Waals surface area contributed by atoms with Gasteiger partial charge in [0.2, 0.25) is 5.91 Å². The van der Waals surface area contributed by atoms with Crippen LogP contribution in [0.15, 0.2) is 18.2 Å². The number of anilines is 1. The van der Waals surface area contributed by atoms with E-state index in [4.69, 9.17) is 0 Å². The van der Waals surface area contributed by atoms with Gasteiger partial charge in [-0.25, -0.2) is 0 Å².